The number of aryl methyl sites for hydroxylation is 1. The summed E-state index contributed by atoms with van der Waals surface area (Å²) >= 11 is 1.43. The van der Waals surface area contributed by atoms with Crippen molar-refractivity contribution in [1.29, 1.82) is 0 Å². The number of carbonyl (C=O) groups excluding carboxylic acids is 1. The predicted molar refractivity (Wildman–Crippen MR) is 68.6 cm³/mol. The van der Waals surface area contributed by atoms with Crippen molar-refractivity contribution in [2.75, 3.05) is 16.9 Å². The van der Waals surface area contributed by atoms with Crippen LogP contribution in [0.3, 0.4) is 0 Å². The Morgan fingerprint density at radius 3 is 3.06 bits per heavy atom. The summed E-state index contributed by atoms with van der Waals surface area (Å²) in [6.45, 7) is 1.85. The number of hydrogen-bond acceptors (Lipinski definition) is 4. The maximum absolute atomic E-state index is 12.0. The third-order valence-electron chi connectivity index (χ3n) is 2.71. The summed E-state index contributed by atoms with van der Waals surface area (Å²) in [7, 11) is 0. The zero-order valence-corrected chi connectivity index (χ0v) is 10.6. The lowest BCUT2D eigenvalue weighted by molar-refractivity contribution is -0.140. The Morgan fingerprint density at radius 2 is 2.39 bits per heavy atom. The van der Waals surface area contributed by atoms with Crippen molar-refractivity contribution in [1.82, 2.24) is 9.88 Å². The summed E-state index contributed by atoms with van der Waals surface area (Å²) in [6.07, 6.45) is 3.18. The number of carboxylic acids is 1. The van der Waals surface area contributed by atoms with Crippen molar-refractivity contribution >= 4 is 29.4 Å². The first kappa shape index (κ1) is 12.7. The van der Waals surface area contributed by atoms with E-state index in [1.807, 2.05) is 6.92 Å². The minimum absolute atomic E-state index is 0.391. The van der Waals surface area contributed by atoms with Gasteiger partial charge in [0.2, 0.25) is 0 Å². The van der Waals surface area contributed by atoms with Gasteiger partial charge in [-0.1, -0.05) is 0 Å². The number of amides is 2. The molecule has 1 unspecified atom stereocenters. The highest BCUT2D eigenvalue weighted by Crippen LogP contribution is 2.22. The van der Waals surface area contributed by atoms with Crippen LogP contribution in [0.4, 0.5) is 10.5 Å². The fourth-order valence-electron chi connectivity index (χ4n) is 1.63. The first-order valence-corrected chi connectivity index (χ1v) is 6.54. The van der Waals surface area contributed by atoms with Crippen LogP contribution in [0.5, 0.6) is 0 Å². The maximum Gasteiger partial charge on any atom is 0.327 e. The lowest BCUT2D eigenvalue weighted by atomic mass is 10.2. The zero-order valence-electron chi connectivity index (χ0n) is 9.79. The number of nitrogens with zero attached hydrogens (tertiary/aromatic N) is 2. The highest BCUT2D eigenvalue weighted by Gasteiger charge is 2.34. The molecule has 1 aromatic heterocycles. The molecule has 1 aromatic rings. The van der Waals surface area contributed by atoms with Crippen molar-refractivity contribution in [3.8, 4) is 0 Å². The number of carbonyl (C=O) groups is 2. The van der Waals surface area contributed by atoms with Crippen LogP contribution in [0.2, 0.25) is 0 Å². The van der Waals surface area contributed by atoms with E-state index in [0.29, 0.717) is 17.3 Å². The molecule has 0 aromatic carbocycles. The van der Waals surface area contributed by atoms with Gasteiger partial charge in [-0.25, -0.2) is 9.59 Å². The van der Waals surface area contributed by atoms with Gasteiger partial charge in [-0.2, -0.15) is 0 Å². The van der Waals surface area contributed by atoms with Gasteiger partial charge in [0.25, 0.3) is 0 Å². The van der Waals surface area contributed by atoms with Crippen LogP contribution in [0.1, 0.15) is 5.56 Å². The second kappa shape index (κ2) is 5.26. The smallest absolute Gasteiger partial charge is 0.327 e. The number of aromatic nitrogens is 1. The Bertz CT molecular complexity index is 480. The first-order valence-electron chi connectivity index (χ1n) is 5.38. The van der Waals surface area contributed by atoms with Gasteiger partial charge in [0.05, 0.1) is 17.8 Å². The monoisotopic (exact) mass is 267 g/mol. The van der Waals surface area contributed by atoms with Crippen LogP contribution in [0, 0.1) is 6.92 Å². The number of pyridine rings is 1. The molecule has 0 bridgehead atoms. The van der Waals surface area contributed by atoms with E-state index in [1.54, 1.807) is 18.5 Å². The number of aliphatic carboxylic acids is 1. The minimum Gasteiger partial charge on any atom is -0.480 e. The summed E-state index contributed by atoms with van der Waals surface area (Å²) < 4.78 is 0. The van der Waals surface area contributed by atoms with Crippen molar-refractivity contribution in [2.45, 2.75) is 13.0 Å². The molecular weight excluding hydrogens is 254 g/mol. The zero-order chi connectivity index (χ0) is 13.1. The van der Waals surface area contributed by atoms with Crippen molar-refractivity contribution < 1.29 is 14.7 Å². The maximum atomic E-state index is 12.0. The van der Waals surface area contributed by atoms with E-state index in [0.717, 1.165) is 5.56 Å². The fraction of sp³-hybridized carbons (Fsp3) is 0.364. The van der Waals surface area contributed by atoms with E-state index in [2.05, 4.69) is 10.3 Å². The third-order valence-corrected chi connectivity index (χ3v) is 3.72. The van der Waals surface area contributed by atoms with Crippen LogP contribution < -0.4 is 5.32 Å². The summed E-state index contributed by atoms with van der Waals surface area (Å²) in [5.74, 6) is -0.158. The quantitative estimate of drug-likeness (QED) is 0.846. The molecule has 7 heteroatoms. The van der Waals surface area contributed by atoms with Gasteiger partial charge in [0.15, 0.2) is 0 Å². The summed E-state index contributed by atoms with van der Waals surface area (Å²) in [4.78, 5) is 28.2. The molecule has 0 radical (unpaired) electrons. The second-order valence-electron chi connectivity index (χ2n) is 3.94. The van der Waals surface area contributed by atoms with Gasteiger partial charge < -0.3 is 15.3 Å². The number of urea groups is 1. The molecule has 6 nitrogen and oxygen atoms in total. The molecule has 1 saturated heterocycles. The molecule has 2 rings (SSSR count). The second-order valence-corrected chi connectivity index (χ2v) is 4.94. The van der Waals surface area contributed by atoms with Gasteiger partial charge >= 0.3 is 12.0 Å². The average molecular weight is 267 g/mol. The number of hydrogen-bond donors (Lipinski definition) is 2. The molecule has 2 amide bonds. The van der Waals surface area contributed by atoms with Gasteiger partial charge in [-0.05, 0) is 18.6 Å². The van der Waals surface area contributed by atoms with Crippen LogP contribution in [-0.2, 0) is 4.79 Å². The van der Waals surface area contributed by atoms with Crippen LogP contribution in [-0.4, -0.2) is 44.7 Å². The highest BCUT2D eigenvalue weighted by molar-refractivity contribution is 7.99. The molecule has 18 heavy (non-hydrogen) atoms. The number of rotatable bonds is 2. The molecule has 2 N–H and O–H groups in total. The van der Waals surface area contributed by atoms with Gasteiger partial charge in [-0.15, -0.1) is 11.8 Å². The average Bonchev–Trinajstić information content (AvgIpc) is 2.81. The Kier molecular flexibility index (Phi) is 3.71. The number of nitrogens with one attached hydrogen (secondary N) is 1. The molecule has 1 aliphatic rings. The summed E-state index contributed by atoms with van der Waals surface area (Å²) in [5, 5.41) is 11.7. The topological polar surface area (TPSA) is 82.5 Å². The minimum atomic E-state index is -0.974. The van der Waals surface area contributed by atoms with E-state index >= 15 is 0 Å². The van der Waals surface area contributed by atoms with Crippen molar-refractivity contribution in [2.24, 2.45) is 0 Å². The Hall–Kier alpha value is -1.76. The third kappa shape index (κ3) is 2.56. The molecule has 0 saturated carbocycles. The SMILES string of the molecule is Cc1ccncc1NC(=O)N1CSCC1C(=O)O. The Balaban J connectivity index is 2.08. The largest absolute Gasteiger partial charge is 0.480 e. The highest BCUT2D eigenvalue weighted by atomic mass is 32.2. The van der Waals surface area contributed by atoms with E-state index in [9.17, 15) is 9.59 Å². The van der Waals surface area contributed by atoms with Crippen molar-refractivity contribution in [3.63, 3.8) is 0 Å². The number of carboxylic acid groups (broad SMARTS) is 1. The molecule has 0 spiro atoms. The molecular formula is C11H13N3O3S. The van der Waals surface area contributed by atoms with Crippen LogP contribution >= 0.6 is 11.8 Å². The molecule has 0 aliphatic carbocycles. The van der Waals surface area contributed by atoms with Crippen LogP contribution in [0.25, 0.3) is 0 Å². The number of anilines is 1. The fourth-order valence-corrected chi connectivity index (χ4v) is 2.77. The molecule has 1 atom stereocenters. The van der Waals surface area contributed by atoms with Crippen molar-refractivity contribution in [3.05, 3.63) is 24.0 Å². The molecule has 96 valence electrons. The molecule has 1 fully saturated rings. The summed E-state index contributed by atoms with van der Waals surface area (Å²) in [5.41, 5.74) is 1.49. The van der Waals surface area contributed by atoms with Gasteiger partial charge in [0, 0.05) is 11.9 Å². The standard InChI is InChI=1S/C11H13N3O3S/c1-7-2-3-12-4-8(7)13-11(17)14-6-18-5-9(14)10(15)16/h2-4,9H,5-6H2,1H3,(H,13,17)(H,15,16). The van der Waals surface area contributed by atoms with E-state index in [-0.39, 0.29) is 0 Å². The lowest BCUT2D eigenvalue weighted by Gasteiger charge is -2.21. The lowest BCUT2D eigenvalue weighted by Crippen LogP contribution is -2.44. The van der Waals surface area contributed by atoms with Crippen LogP contribution in [0.15, 0.2) is 18.5 Å². The van der Waals surface area contributed by atoms with Gasteiger partial charge in [-0.3, -0.25) is 4.98 Å². The Labute approximate surface area is 108 Å². The molecule has 2 heterocycles. The predicted octanol–water partition coefficient (Wildman–Crippen LogP) is 1.38. The normalized spacial score (nSPS) is 18.7. The van der Waals surface area contributed by atoms with E-state index in [1.165, 1.54) is 16.7 Å². The van der Waals surface area contributed by atoms with Gasteiger partial charge in [0.1, 0.15) is 6.04 Å². The summed E-state index contributed by atoms with van der Waals surface area (Å²) in [6, 6.07) is 0.624. The van der Waals surface area contributed by atoms with E-state index in [4.69, 9.17) is 5.11 Å². The van der Waals surface area contributed by atoms with E-state index < -0.39 is 18.0 Å². The number of thioether (sulfide) groups is 1. The first-order chi connectivity index (χ1) is 8.59. The molecule has 1 aliphatic heterocycles. The Morgan fingerprint density at radius 1 is 1.61 bits per heavy atom.